The van der Waals surface area contributed by atoms with Gasteiger partial charge in [-0.05, 0) is 0 Å². The molecule has 1 aliphatic rings. The maximum absolute atomic E-state index is 11.9. The van der Waals surface area contributed by atoms with Crippen LogP contribution in [0.5, 0.6) is 0 Å². The van der Waals surface area contributed by atoms with Gasteiger partial charge in [0.1, 0.15) is 5.57 Å². The van der Waals surface area contributed by atoms with E-state index in [1.165, 1.54) is 0 Å². The number of halogens is 7. The van der Waals surface area contributed by atoms with E-state index in [9.17, 15) is 30.7 Å². The third-order valence-electron chi connectivity index (χ3n) is 1.35. The fraction of sp³-hybridized carbons (Fsp3) is 0.600. The highest BCUT2D eigenvalue weighted by Crippen LogP contribution is 2.58. The Labute approximate surface area is 61.7 Å². The van der Waals surface area contributed by atoms with Gasteiger partial charge in [-0.2, -0.15) is 17.6 Å². The van der Waals surface area contributed by atoms with Crippen LogP contribution >= 0.6 is 0 Å². The molecule has 12 heavy (non-hydrogen) atoms. The molecule has 0 aliphatic heterocycles. The molecule has 0 saturated heterocycles. The van der Waals surface area contributed by atoms with E-state index in [-0.39, 0.29) is 0 Å². The van der Waals surface area contributed by atoms with Crippen molar-refractivity contribution < 1.29 is 30.7 Å². The highest BCUT2D eigenvalue weighted by Gasteiger charge is 2.71. The van der Waals surface area contributed by atoms with Crippen LogP contribution < -0.4 is 0 Å². The molecular formula is C5HF7. The summed E-state index contributed by atoms with van der Waals surface area (Å²) in [6, 6.07) is 0. The minimum Gasteiger partial charge on any atom is -0.204 e. The minimum absolute atomic E-state index is 2.40. The molecule has 7 heteroatoms. The zero-order valence-corrected chi connectivity index (χ0v) is 5.22. The molecule has 0 unspecified atom stereocenters. The van der Waals surface area contributed by atoms with Gasteiger partial charge in [-0.1, -0.05) is 0 Å². The lowest BCUT2D eigenvalue weighted by Crippen LogP contribution is -2.28. The lowest BCUT2D eigenvalue weighted by atomic mass is 10.2. The Hall–Kier alpha value is -0.750. The van der Waals surface area contributed by atoms with Crippen LogP contribution in [-0.4, -0.2) is 18.3 Å². The third kappa shape index (κ3) is 0.987. The molecule has 0 nitrogen and oxygen atoms in total. The van der Waals surface area contributed by atoms with Crippen molar-refractivity contribution >= 4 is 0 Å². The second-order valence-electron chi connectivity index (χ2n) is 2.19. The highest BCUT2D eigenvalue weighted by molar-refractivity contribution is 5.49. The fourth-order valence-electron chi connectivity index (χ4n) is 0.673. The summed E-state index contributed by atoms with van der Waals surface area (Å²) in [7, 11) is 0. The van der Waals surface area contributed by atoms with E-state index in [0.717, 1.165) is 0 Å². The van der Waals surface area contributed by atoms with Gasteiger partial charge >= 0.3 is 18.3 Å². The topological polar surface area (TPSA) is 0 Å². The maximum Gasteiger partial charge on any atom is 0.337 e. The van der Waals surface area contributed by atoms with Crippen molar-refractivity contribution in [1.82, 2.24) is 0 Å². The highest BCUT2D eigenvalue weighted by atomic mass is 19.3. The van der Waals surface area contributed by atoms with Crippen molar-refractivity contribution in [2.24, 2.45) is 0 Å². The van der Waals surface area contributed by atoms with Crippen molar-refractivity contribution in [2.45, 2.75) is 18.3 Å². The predicted molar refractivity (Wildman–Crippen MR) is 24.0 cm³/mol. The standard InChI is InChI=1S/C5HF7/c6-2-1(4(2,9)10)5(11,12)3(7)8/h3H. The monoisotopic (exact) mass is 194 g/mol. The summed E-state index contributed by atoms with van der Waals surface area (Å²) in [5.74, 6) is -12.0. The van der Waals surface area contributed by atoms with Crippen LogP contribution in [0, 0.1) is 0 Å². The van der Waals surface area contributed by atoms with E-state index in [0.29, 0.717) is 0 Å². The van der Waals surface area contributed by atoms with E-state index < -0.39 is 29.7 Å². The van der Waals surface area contributed by atoms with Crippen LogP contribution in [0.3, 0.4) is 0 Å². The van der Waals surface area contributed by atoms with Crippen LogP contribution in [0.1, 0.15) is 0 Å². The molecule has 0 spiro atoms. The first kappa shape index (κ1) is 9.34. The molecule has 0 aromatic rings. The molecule has 0 bridgehead atoms. The fourth-order valence-corrected chi connectivity index (χ4v) is 0.673. The van der Waals surface area contributed by atoms with Gasteiger partial charge in [0.05, 0.1) is 0 Å². The van der Waals surface area contributed by atoms with Crippen LogP contribution in [0.15, 0.2) is 11.4 Å². The SMILES string of the molecule is FC1=C(C(F)(F)C(F)F)C1(F)F. The zero-order valence-electron chi connectivity index (χ0n) is 5.22. The van der Waals surface area contributed by atoms with Gasteiger partial charge in [-0.25, -0.2) is 13.2 Å². The molecule has 0 aromatic heterocycles. The van der Waals surface area contributed by atoms with Gasteiger partial charge in [-0.15, -0.1) is 0 Å². The van der Waals surface area contributed by atoms with Crippen LogP contribution in [0.4, 0.5) is 30.7 Å². The van der Waals surface area contributed by atoms with E-state index in [1.54, 1.807) is 0 Å². The van der Waals surface area contributed by atoms with E-state index in [1.807, 2.05) is 0 Å². The Morgan fingerprint density at radius 3 is 1.58 bits per heavy atom. The van der Waals surface area contributed by atoms with Crippen LogP contribution in [0.25, 0.3) is 0 Å². The van der Waals surface area contributed by atoms with Crippen molar-refractivity contribution in [3.8, 4) is 0 Å². The largest absolute Gasteiger partial charge is 0.337 e. The van der Waals surface area contributed by atoms with E-state index in [2.05, 4.69) is 0 Å². The average molecular weight is 194 g/mol. The molecule has 0 fully saturated rings. The molecule has 1 aliphatic carbocycles. The van der Waals surface area contributed by atoms with Gasteiger partial charge in [-0.3, -0.25) is 0 Å². The van der Waals surface area contributed by atoms with Gasteiger partial charge in [0.25, 0.3) is 0 Å². The Morgan fingerprint density at radius 2 is 1.50 bits per heavy atom. The molecule has 0 aromatic carbocycles. The first-order valence-corrected chi connectivity index (χ1v) is 2.67. The molecular weight excluding hydrogens is 193 g/mol. The third-order valence-corrected chi connectivity index (χ3v) is 1.35. The molecule has 0 atom stereocenters. The predicted octanol–water partition coefficient (Wildman–Crippen LogP) is 2.76. The van der Waals surface area contributed by atoms with Gasteiger partial charge in [0, 0.05) is 0 Å². The van der Waals surface area contributed by atoms with E-state index >= 15 is 0 Å². The number of hydrogen-bond acceptors (Lipinski definition) is 0. The lowest BCUT2D eigenvalue weighted by molar-refractivity contribution is -0.108. The zero-order chi connectivity index (χ0) is 9.73. The van der Waals surface area contributed by atoms with Gasteiger partial charge in [0.2, 0.25) is 0 Å². The minimum atomic E-state index is -5.06. The van der Waals surface area contributed by atoms with Crippen LogP contribution in [-0.2, 0) is 0 Å². The van der Waals surface area contributed by atoms with Crippen molar-refractivity contribution in [1.29, 1.82) is 0 Å². The molecule has 0 radical (unpaired) electrons. The summed E-state index contributed by atoms with van der Waals surface area (Å²) in [6.45, 7) is 0. The summed E-state index contributed by atoms with van der Waals surface area (Å²) < 4.78 is 81.9. The van der Waals surface area contributed by atoms with Gasteiger partial charge in [0.15, 0.2) is 5.83 Å². The molecule has 0 N–H and O–H groups in total. The second kappa shape index (κ2) is 2.14. The first-order valence-electron chi connectivity index (χ1n) is 2.67. The quantitative estimate of drug-likeness (QED) is 0.593. The molecule has 0 heterocycles. The number of allylic oxidation sites excluding steroid dienone is 2. The summed E-state index contributed by atoms with van der Waals surface area (Å²) >= 11 is 0. The summed E-state index contributed by atoms with van der Waals surface area (Å²) in [6.07, 6.45) is -4.31. The Kier molecular flexibility index (Phi) is 1.66. The number of rotatable bonds is 2. The number of alkyl halides is 6. The molecule has 0 amide bonds. The molecule has 0 saturated carbocycles. The molecule has 70 valence electrons. The Bertz CT molecular complexity index is 238. The normalized spacial score (nSPS) is 22.0. The van der Waals surface area contributed by atoms with Crippen LogP contribution in [0.2, 0.25) is 0 Å². The first-order chi connectivity index (χ1) is 5.22. The Morgan fingerprint density at radius 1 is 1.17 bits per heavy atom. The summed E-state index contributed by atoms with van der Waals surface area (Å²) in [4.78, 5) is 0. The van der Waals surface area contributed by atoms with Crippen molar-refractivity contribution in [3.05, 3.63) is 11.4 Å². The van der Waals surface area contributed by atoms with Crippen molar-refractivity contribution in [2.75, 3.05) is 0 Å². The van der Waals surface area contributed by atoms with Crippen molar-refractivity contribution in [3.63, 3.8) is 0 Å². The average Bonchev–Trinajstić information content (AvgIpc) is 2.32. The summed E-state index contributed by atoms with van der Waals surface area (Å²) in [5, 5.41) is 0. The Balaban J connectivity index is 2.88. The maximum atomic E-state index is 11.9. The van der Waals surface area contributed by atoms with E-state index in [4.69, 9.17) is 0 Å². The second-order valence-corrected chi connectivity index (χ2v) is 2.19. The summed E-state index contributed by atoms with van der Waals surface area (Å²) in [5.41, 5.74) is -2.40. The lowest BCUT2D eigenvalue weighted by Gasteiger charge is -2.11. The molecule has 1 rings (SSSR count). The number of hydrogen-bond donors (Lipinski definition) is 0. The van der Waals surface area contributed by atoms with Gasteiger partial charge < -0.3 is 0 Å². The smallest absolute Gasteiger partial charge is 0.204 e.